The summed E-state index contributed by atoms with van der Waals surface area (Å²) < 4.78 is 2.24. The van der Waals surface area contributed by atoms with E-state index in [4.69, 9.17) is 0 Å². The summed E-state index contributed by atoms with van der Waals surface area (Å²) in [4.78, 5) is 4.34. The van der Waals surface area contributed by atoms with Gasteiger partial charge in [-0.25, -0.2) is 4.98 Å². The highest BCUT2D eigenvalue weighted by Crippen LogP contribution is 2.16. The Balaban J connectivity index is 1.85. The Morgan fingerprint density at radius 3 is 2.14 bits per heavy atom. The second-order valence-electron chi connectivity index (χ2n) is 5.54. The van der Waals surface area contributed by atoms with E-state index in [9.17, 15) is 0 Å². The van der Waals surface area contributed by atoms with Crippen molar-refractivity contribution in [3.05, 3.63) is 89.0 Å². The third-order valence-corrected chi connectivity index (χ3v) is 4.03. The predicted molar refractivity (Wildman–Crippen MR) is 86.5 cm³/mol. The lowest BCUT2D eigenvalue weighted by atomic mass is 10.0. The topological polar surface area (TPSA) is 17.8 Å². The lowest BCUT2D eigenvalue weighted by Gasteiger charge is -2.11. The van der Waals surface area contributed by atoms with E-state index in [0.29, 0.717) is 0 Å². The van der Waals surface area contributed by atoms with Crippen molar-refractivity contribution >= 4 is 0 Å². The number of hydrogen-bond acceptors (Lipinski definition) is 1. The average molecular weight is 276 g/mol. The van der Waals surface area contributed by atoms with Gasteiger partial charge < -0.3 is 4.57 Å². The summed E-state index contributed by atoms with van der Waals surface area (Å²) in [5, 5.41) is 0. The molecule has 1 aromatic heterocycles. The Bertz CT molecular complexity index is 679. The molecule has 3 aromatic rings. The van der Waals surface area contributed by atoms with E-state index < -0.39 is 0 Å². The van der Waals surface area contributed by atoms with E-state index in [1.165, 1.54) is 27.9 Å². The summed E-state index contributed by atoms with van der Waals surface area (Å²) in [6, 6.07) is 17.1. The van der Waals surface area contributed by atoms with E-state index in [-0.39, 0.29) is 0 Å². The zero-order valence-corrected chi connectivity index (χ0v) is 12.6. The second kappa shape index (κ2) is 5.96. The maximum atomic E-state index is 4.34. The molecule has 0 atom stereocenters. The molecule has 0 saturated carbocycles. The molecule has 21 heavy (non-hydrogen) atoms. The molecule has 0 amide bonds. The number of hydrogen-bond donors (Lipinski definition) is 0. The van der Waals surface area contributed by atoms with Gasteiger partial charge in [-0.2, -0.15) is 0 Å². The second-order valence-corrected chi connectivity index (χ2v) is 5.54. The minimum absolute atomic E-state index is 0.883. The van der Waals surface area contributed by atoms with Gasteiger partial charge >= 0.3 is 0 Å². The minimum atomic E-state index is 0.883. The highest BCUT2D eigenvalue weighted by atomic mass is 15.0. The monoisotopic (exact) mass is 276 g/mol. The number of imidazole rings is 1. The first-order valence-electron chi connectivity index (χ1n) is 7.32. The summed E-state index contributed by atoms with van der Waals surface area (Å²) in [5.41, 5.74) is 6.63. The van der Waals surface area contributed by atoms with Crippen LogP contribution in [0.2, 0.25) is 0 Å². The number of benzene rings is 2. The van der Waals surface area contributed by atoms with E-state index in [1.807, 2.05) is 12.5 Å². The maximum absolute atomic E-state index is 4.34. The predicted octanol–water partition coefficient (Wildman–Crippen LogP) is 4.14. The summed E-state index contributed by atoms with van der Waals surface area (Å²) in [5.74, 6) is 0. The molecule has 0 fully saturated rings. The smallest absolute Gasteiger partial charge is 0.0951 e. The van der Waals surface area contributed by atoms with E-state index in [1.54, 1.807) is 0 Å². The molecule has 106 valence electrons. The molecule has 0 saturated heterocycles. The molecule has 1 heterocycles. The Morgan fingerprint density at radius 1 is 0.857 bits per heavy atom. The molecular formula is C19H20N2. The molecule has 0 spiro atoms. The van der Waals surface area contributed by atoms with Crippen molar-refractivity contribution in [2.75, 3.05) is 0 Å². The molecular weight excluding hydrogens is 256 g/mol. The summed E-state index contributed by atoms with van der Waals surface area (Å²) in [7, 11) is 0. The van der Waals surface area contributed by atoms with Crippen LogP contribution in [0.5, 0.6) is 0 Å². The highest BCUT2D eigenvalue weighted by molar-refractivity contribution is 5.30. The van der Waals surface area contributed by atoms with Crippen molar-refractivity contribution in [2.24, 2.45) is 0 Å². The third-order valence-electron chi connectivity index (χ3n) is 4.03. The fourth-order valence-corrected chi connectivity index (χ4v) is 2.61. The third kappa shape index (κ3) is 3.05. The largest absolute Gasteiger partial charge is 0.330 e. The van der Waals surface area contributed by atoms with Crippen molar-refractivity contribution < 1.29 is 0 Å². The lowest BCUT2D eigenvalue weighted by Crippen LogP contribution is -2.05. The summed E-state index contributed by atoms with van der Waals surface area (Å²) in [6.45, 7) is 5.21. The maximum Gasteiger partial charge on any atom is 0.0951 e. The van der Waals surface area contributed by atoms with Crippen LogP contribution in [0.25, 0.3) is 0 Å². The van der Waals surface area contributed by atoms with Gasteiger partial charge in [-0.05, 0) is 36.1 Å². The first-order chi connectivity index (χ1) is 10.2. The van der Waals surface area contributed by atoms with Gasteiger partial charge in [0.1, 0.15) is 0 Å². The summed E-state index contributed by atoms with van der Waals surface area (Å²) in [6.07, 6.45) is 4.84. The van der Waals surface area contributed by atoms with Gasteiger partial charge in [0.05, 0.1) is 6.33 Å². The highest BCUT2D eigenvalue weighted by Gasteiger charge is 2.07. The van der Waals surface area contributed by atoms with Gasteiger partial charge in [0, 0.05) is 24.9 Å². The van der Waals surface area contributed by atoms with Crippen LogP contribution in [-0.2, 0) is 13.0 Å². The van der Waals surface area contributed by atoms with Crippen molar-refractivity contribution in [1.29, 1.82) is 0 Å². The van der Waals surface area contributed by atoms with Crippen LogP contribution in [0.1, 0.15) is 27.9 Å². The number of rotatable bonds is 4. The Kier molecular flexibility index (Phi) is 3.87. The molecule has 0 aliphatic carbocycles. The van der Waals surface area contributed by atoms with Gasteiger partial charge in [0.15, 0.2) is 0 Å². The Morgan fingerprint density at radius 2 is 1.48 bits per heavy atom. The molecule has 2 aromatic carbocycles. The van der Waals surface area contributed by atoms with Crippen molar-refractivity contribution in [1.82, 2.24) is 9.55 Å². The van der Waals surface area contributed by atoms with Crippen LogP contribution in [-0.4, -0.2) is 9.55 Å². The molecule has 0 radical (unpaired) electrons. The first kappa shape index (κ1) is 13.6. The first-order valence-corrected chi connectivity index (χ1v) is 7.32. The summed E-state index contributed by atoms with van der Waals surface area (Å²) >= 11 is 0. The van der Waals surface area contributed by atoms with E-state index in [0.717, 1.165) is 13.0 Å². The Labute approximate surface area is 126 Å². The molecule has 3 rings (SSSR count). The molecule has 2 nitrogen and oxygen atoms in total. The molecule has 0 N–H and O–H groups in total. The van der Waals surface area contributed by atoms with Crippen LogP contribution in [0, 0.1) is 13.8 Å². The molecule has 0 unspecified atom stereocenters. The number of aryl methyl sites for hydroxylation is 2. The van der Waals surface area contributed by atoms with Crippen molar-refractivity contribution in [3.63, 3.8) is 0 Å². The van der Waals surface area contributed by atoms with Gasteiger partial charge in [-0.15, -0.1) is 0 Å². The minimum Gasteiger partial charge on any atom is -0.330 e. The molecule has 0 bridgehead atoms. The van der Waals surface area contributed by atoms with Gasteiger partial charge in [-0.3, -0.25) is 0 Å². The van der Waals surface area contributed by atoms with Crippen molar-refractivity contribution in [2.45, 2.75) is 26.8 Å². The quantitative estimate of drug-likeness (QED) is 0.700. The van der Waals surface area contributed by atoms with Crippen LogP contribution in [0.15, 0.2) is 61.1 Å². The fourth-order valence-electron chi connectivity index (χ4n) is 2.61. The van der Waals surface area contributed by atoms with Crippen LogP contribution in [0.3, 0.4) is 0 Å². The Hall–Kier alpha value is -2.35. The SMILES string of the molecule is Cc1ccccc1Cc1cncn1Cc1ccccc1C. The van der Waals surface area contributed by atoms with Crippen LogP contribution < -0.4 is 0 Å². The molecule has 0 aliphatic rings. The zero-order chi connectivity index (χ0) is 14.7. The van der Waals surface area contributed by atoms with Crippen molar-refractivity contribution in [3.8, 4) is 0 Å². The zero-order valence-electron chi connectivity index (χ0n) is 12.6. The van der Waals surface area contributed by atoms with Gasteiger partial charge in [-0.1, -0.05) is 48.5 Å². The normalized spacial score (nSPS) is 10.8. The van der Waals surface area contributed by atoms with Gasteiger partial charge in [0.2, 0.25) is 0 Å². The van der Waals surface area contributed by atoms with Crippen LogP contribution >= 0.6 is 0 Å². The average Bonchev–Trinajstić information content (AvgIpc) is 2.91. The van der Waals surface area contributed by atoms with Gasteiger partial charge in [0.25, 0.3) is 0 Å². The van der Waals surface area contributed by atoms with Crippen LogP contribution in [0.4, 0.5) is 0 Å². The van der Waals surface area contributed by atoms with E-state index in [2.05, 4.69) is 71.9 Å². The standard InChI is InChI=1S/C19H20N2/c1-15-7-3-5-9-17(15)11-19-12-20-14-21(19)13-18-10-6-4-8-16(18)2/h3-10,12,14H,11,13H2,1-2H3. The number of nitrogens with zero attached hydrogens (tertiary/aromatic N) is 2. The number of aromatic nitrogens is 2. The molecule has 0 aliphatic heterocycles. The molecule has 2 heteroatoms. The van der Waals surface area contributed by atoms with E-state index >= 15 is 0 Å². The lowest BCUT2D eigenvalue weighted by molar-refractivity contribution is 0.749. The fraction of sp³-hybridized carbons (Fsp3) is 0.211.